The first-order valence-corrected chi connectivity index (χ1v) is 2.76. The van der Waals surface area contributed by atoms with Crippen molar-refractivity contribution in [3.8, 4) is 0 Å². The van der Waals surface area contributed by atoms with Crippen LogP contribution in [0.25, 0.3) is 0 Å². The fourth-order valence-corrected chi connectivity index (χ4v) is 0.464. The predicted octanol–water partition coefficient (Wildman–Crippen LogP) is -0.747. The van der Waals surface area contributed by atoms with Gasteiger partial charge in [0.05, 0.1) is 12.7 Å². The Kier molecular flexibility index (Phi) is 4.67. The van der Waals surface area contributed by atoms with Crippen molar-refractivity contribution in [1.29, 1.82) is 0 Å². The molecular formula is C3H8O3P-. The largest absolute Gasteiger partial charge is 0.810 e. The Balaban J connectivity index is 2.68. The van der Waals surface area contributed by atoms with Crippen molar-refractivity contribution in [2.45, 2.75) is 13.0 Å². The van der Waals surface area contributed by atoms with Gasteiger partial charge in [-0.1, -0.05) is 9.03 Å². The maximum atomic E-state index is 9.53. The first-order chi connectivity index (χ1) is 3.27. The van der Waals surface area contributed by atoms with Crippen LogP contribution in [0.5, 0.6) is 0 Å². The molecule has 0 saturated carbocycles. The van der Waals surface area contributed by atoms with Gasteiger partial charge in [-0.2, -0.15) is 0 Å². The summed E-state index contributed by atoms with van der Waals surface area (Å²) in [5.74, 6) is 0. The van der Waals surface area contributed by atoms with Crippen molar-refractivity contribution < 1.29 is 14.5 Å². The Morgan fingerprint density at radius 2 is 2.57 bits per heavy atom. The van der Waals surface area contributed by atoms with E-state index >= 15 is 0 Å². The van der Waals surface area contributed by atoms with Gasteiger partial charge in [-0.3, -0.25) is 0 Å². The van der Waals surface area contributed by atoms with Crippen LogP contribution in [0.4, 0.5) is 0 Å². The van der Waals surface area contributed by atoms with E-state index in [0.29, 0.717) is 0 Å². The molecule has 0 amide bonds. The highest BCUT2D eigenvalue weighted by molar-refractivity contribution is 7.23. The van der Waals surface area contributed by atoms with Gasteiger partial charge in [0.1, 0.15) is 0 Å². The van der Waals surface area contributed by atoms with E-state index in [1.165, 1.54) is 0 Å². The van der Waals surface area contributed by atoms with Crippen LogP contribution in [0, 0.1) is 0 Å². The number of aliphatic hydroxyl groups excluding tert-OH is 1. The van der Waals surface area contributed by atoms with Gasteiger partial charge in [0.2, 0.25) is 0 Å². The minimum Gasteiger partial charge on any atom is -0.810 e. The van der Waals surface area contributed by atoms with Gasteiger partial charge < -0.3 is 14.5 Å². The molecule has 3 nitrogen and oxygen atoms in total. The zero-order valence-electron chi connectivity index (χ0n) is 4.05. The van der Waals surface area contributed by atoms with Crippen LogP contribution >= 0.6 is 9.03 Å². The van der Waals surface area contributed by atoms with E-state index in [1.807, 2.05) is 0 Å². The SMILES string of the molecule is CC(O)COP[O-]. The van der Waals surface area contributed by atoms with Crippen molar-refractivity contribution in [3.05, 3.63) is 0 Å². The first kappa shape index (κ1) is 7.31. The number of aliphatic hydroxyl groups is 1. The van der Waals surface area contributed by atoms with Crippen LogP contribution in [-0.2, 0) is 4.52 Å². The molecule has 0 spiro atoms. The predicted molar refractivity (Wildman–Crippen MR) is 25.9 cm³/mol. The van der Waals surface area contributed by atoms with E-state index in [2.05, 4.69) is 4.52 Å². The molecule has 7 heavy (non-hydrogen) atoms. The van der Waals surface area contributed by atoms with Gasteiger partial charge in [-0.25, -0.2) is 0 Å². The summed E-state index contributed by atoms with van der Waals surface area (Å²) < 4.78 is 4.32. The quantitative estimate of drug-likeness (QED) is 0.502. The van der Waals surface area contributed by atoms with Crippen molar-refractivity contribution in [2.24, 2.45) is 0 Å². The van der Waals surface area contributed by atoms with E-state index in [-0.39, 0.29) is 6.61 Å². The molecule has 1 N–H and O–H groups in total. The van der Waals surface area contributed by atoms with Gasteiger partial charge in [-0.15, -0.1) is 0 Å². The topological polar surface area (TPSA) is 52.5 Å². The summed E-state index contributed by atoms with van der Waals surface area (Å²) in [6.07, 6.45) is -0.513. The summed E-state index contributed by atoms with van der Waals surface area (Å²) in [6.45, 7) is 1.72. The molecule has 0 aliphatic rings. The lowest BCUT2D eigenvalue weighted by Crippen LogP contribution is -2.07. The number of hydrogen-bond donors (Lipinski definition) is 1. The first-order valence-electron chi connectivity index (χ1n) is 1.94. The fourth-order valence-electron chi connectivity index (χ4n) is 0.155. The lowest BCUT2D eigenvalue weighted by atomic mass is 10.5. The van der Waals surface area contributed by atoms with Crippen LogP contribution in [0.15, 0.2) is 0 Å². The molecule has 0 rings (SSSR count). The molecule has 0 heterocycles. The monoisotopic (exact) mass is 123 g/mol. The van der Waals surface area contributed by atoms with E-state index in [9.17, 15) is 4.89 Å². The Morgan fingerprint density at radius 1 is 2.00 bits per heavy atom. The third-order valence-corrected chi connectivity index (χ3v) is 0.668. The van der Waals surface area contributed by atoms with E-state index in [0.717, 1.165) is 0 Å². The van der Waals surface area contributed by atoms with Crippen LogP contribution in [0.1, 0.15) is 6.92 Å². The van der Waals surface area contributed by atoms with E-state index in [1.54, 1.807) is 6.92 Å². The molecule has 0 aromatic carbocycles. The van der Waals surface area contributed by atoms with Gasteiger partial charge in [0.15, 0.2) is 0 Å². The highest BCUT2D eigenvalue weighted by Crippen LogP contribution is 1.97. The molecule has 0 aromatic heterocycles. The third-order valence-electron chi connectivity index (χ3n) is 0.383. The van der Waals surface area contributed by atoms with Gasteiger partial charge >= 0.3 is 0 Å². The minimum absolute atomic E-state index is 0.155. The normalized spacial score (nSPS) is 15.9. The highest BCUT2D eigenvalue weighted by atomic mass is 31.1. The molecule has 4 heteroatoms. The Morgan fingerprint density at radius 3 is 2.71 bits per heavy atom. The maximum Gasteiger partial charge on any atom is 0.0748 e. The molecule has 0 aromatic rings. The minimum atomic E-state index is -0.759. The van der Waals surface area contributed by atoms with Crippen molar-refractivity contribution in [1.82, 2.24) is 0 Å². The standard InChI is InChI=1S/C3H8O3P/c1-3(4)2-6-7-5/h3-4,7H,2H2,1H3/q-1. The van der Waals surface area contributed by atoms with Gasteiger partial charge in [-0.05, 0) is 6.92 Å². The van der Waals surface area contributed by atoms with E-state index in [4.69, 9.17) is 5.11 Å². The second-order valence-corrected chi connectivity index (χ2v) is 1.70. The molecule has 0 aliphatic carbocycles. The summed E-state index contributed by atoms with van der Waals surface area (Å²) >= 11 is 0. The zero-order chi connectivity index (χ0) is 5.70. The van der Waals surface area contributed by atoms with Crippen LogP contribution in [-0.4, -0.2) is 17.8 Å². The summed E-state index contributed by atoms with van der Waals surface area (Å²) in [5.41, 5.74) is 0. The second-order valence-electron chi connectivity index (χ2n) is 1.24. The van der Waals surface area contributed by atoms with E-state index < -0.39 is 15.1 Å². The molecular weight excluding hydrogens is 115 g/mol. The molecule has 0 bridgehead atoms. The van der Waals surface area contributed by atoms with Gasteiger partial charge in [0, 0.05) is 0 Å². The van der Waals surface area contributed by atoms with Crippen LogP contribution in [0.2, 0.25) is 0 Å². The lowest BCUT2D eigenvalue weighted by molar-refractivity contribution is -0.170. The fraction of sp³-hybridized carbons (Fsp3) is 1.00. The Labute approximate surface area is 44.3 Å². The Hall–Kier alpha value is 0.310. The van der Waals surface area contributed by atoms with Crippen LogP contribution < -0.4 is 4.89 Å². The van der Waals surface area contributed by atoms with Crippen LogP contribution in [0.3, 0.4) is 0 Å². The maximum absolute atomic E-state index is 9.53. The molecule has 2 atom stereocenters. The highest BCUT2D eigenvalue weighted by Gasteiger charge is 1.88. The smallest absolute Gasteiger partial charge is 0.0748 e. The molecule has 0 radical (unpaired) electrons. The average Bonchev–Trinajstić information content (AvgIpc) is 1.61. The molecule has 0 aliphatic heterocycles. The average molecular weight is 123 g/mol. The van der Waals surface area contributed by atoms with Crippen molar-refractivity contribution >= 4 is 9.03 Å². The summed E-state index contributed by atoms with van der Waals surface area (Å²) in [7, 11) is -0.759. The molecule has 0 saturated heterocycles. The second kappa shape index (κ2) is 4.47. The molecule has 0 fully saturated rings. The summed E-state index contributed by atoms with van der Waals surface area (Å²) in [5, 5.41) is 8.42. The third kappa shape index (κ3) is 6.31. The van der Waals surface area contributed by atoms with Crippen molar-refractivity contribution in [3.63, 3.8) is 0 Å². The zero-order valence-corrected chi connectivity index (χ0v) is 5.05. The summed E-state index contributed by atoms with van der Waals surface area (Å²) in [4.78, 5) is 9.53. The summed E-state index contributed by atoms with van der Waals surface area (Å²) in [6, 6.07) is 0. The molecule has 44 valence electrons. The van der Waals surface area contributed by atoms with Crippen molar-refractivity contribution in [2.75, 3.05) is 6.61 Å². The number of rotatable bonds is 3. The lowest BCUT2D eigenvalue weighted by Gasteiger charge is -2.06. The van der Waals surface area contributed by atoms with Gasteiger partial charge in [0.25, 0.3) is 0 Å². The Bertz CT molecular complexity index is 39.2. The molecule has 2 unspecified atom stereocenters. The number of hydrogen-bond acceptors (Lipinski definition) is 3.